The molecule has 1 amide bonds. The van der Waals surface area contributed by atoms with Crippen LogP contribution in [0.1, 0.15) is 17.5 Å². The molecule has 0 unspecified atom stereocenters. The molecule has 1 aromatic carbocycles. The molecule has 0 aromatic heterocycles. The van der Waals surface area contributed by atoms with E-state index in [2.05, 4.69) is 39.6 Å². The van der Waals surface area contributed by atoms with Crippen LogP contribution in [-0.2, 0) is 17.8 Å². The zero-order chi connectivity index (χ0) is 13.5. The number of hydrogen-bond acceptors (Lipinski definition) is 4. The molecule has 0 bridgehead atoms. The first-order valence-electron chi connectivity index (χ1n) is 6.54. The summed E-state index contributed by atoms with van der Waals surface area (Å²) >= 11 is 0. The smallest absolute Gasteiger partial charge is 0.265 e. The molecule has 0 saturated carbocycles. The van der Waals surface area contributed by atoms with Gasteiger partial charge in [0.2, 0.25) is 0 Å². The van der Waals surface area contributed by atoms with Crippen molar-refractivity contribution in [1.82, 2.24) is 10.2 Å². The summed E-state index contributed by atoms with van der Waals surface area (Å²) in [6.07, 6.45) is 3.14. The second-order valence-electron chi connectivity index (χ2n) is 4.68. The standard InChI is InChI=1S/C14H19N3O2/c18-14(10-16-19)15-7-9-17-8-3-6-12-4-1-2-5-13(12)11-17/h1-2,4-5,10,19H,3,6-9,11H2,(H,15,18)/b16-10+. The summed E-state index contributed by atoms with van der Waals surface area (Å²) in [4.78, 5) is 13.4. The Bertz CT molecular complexity index is 460. The van der Waals surface area contributed by atoms with Gasteiger partial charge in [-0.05, 0) is 30.5 Å². The topological polar surface area (TPSA) is 64.9 Å². The Morgan fingerprint density at radius 3 is 3.00 bits per heavy atom. The van der Waals surface area contributed by atoms with Crippen molar-refractivity contribution in [3.63, 3.8) is 0 Å². The first-order valence-corrected chi connectivity index (χ1v) is 6.54. The van der Waals surface area contributed by atoms with E-state index in [1.54, 1.807) is 0 Å². The van der Waals surface area contributed by atoms with E-state index >= 15 is 0 Å². The third-order valence-corrected chi connectivity index (χ3v) is 3.34. The van der Waals surface area contributed by atoms with Crippen LogP contribution in [0.4, 0.5) is 0 Å². The van der Waals surface area contributed by atoms with Gasteiger partial charge >= 0.3 is 0 Å². The van der Waals surface area contributed by atoms with E-state index in [9.17, 15) is 4.79 Å². The summed E-state index contributed by atoms with van der Waals surface area (Å²) in [5.74, 6) is -0.363. The molecular weight excluding hydrogens is 242 g/mol. The van der Waals surface area contributed by atoms with Crippen molar-refractivity contribution in [2.24, 2.45) is 5.16 Å². The number of oxime groups is 1. The first-order chi connectivity index (χ1) is 9.29. The van der Waals surface area contributed by atoms with Crippen molar-refractivity contribution < 1.29 is 10.0 Å². The maximum Gasteiger partial charge on any atom is 0.265 e. The zero-order valence-corrected chi connectivity index (χ0v) is 10.9. The van der Waals surface area contributed by atoms with Crippen LogP contribution in [0.15, 0.2) is 29.4 Å². The Balaban J connectivity index is 1.84. The van der Waals surface area contributed by atoms with E-state index in [-0.39, 0.29) is 5.91 Å². The van der Waals surface area contributed by atoms with Gasteiger partial charge in [-0.2, -0.15) is 0 Å². The monoisotopic (exact) mass is 261 g/mol. The van der Waals surface area contributed by atoms with Crippen LogP contribution < -0.4 is 5.32 Å². The highest BCUT2D eigenvalue weighted by Gasteiger charge is 2.13. The average Bonchev–Trinajstić information content (AvgIpc) is 2.60. The molecule has 102 valence electrons. The minimum atomic E-state index is -0.363. The normalized spacial score (nSPS) is 16.0. The van der Waals surface area contributed by atoms with Crippen LogP contribution in [0.2, 0.25) is 0 Å². The van der Waals surface area contributed by atoms with Crippen LogP contribution in [0, 0.1) is 0 Å². The summed E-state index contributed by atoms with van der Waals surface area (Å²) < 4.78 is 0. The molecule has 2 rings (SSSR count). The number of carbonyl (C=O) groups excluding carboxylic acids is 1. The fraction of sp³-hybridized carbons (Fsp3) is 0.429. The molecule has 1 aromatic rings. The summed E-state index contributed by atoms with van der Waals surface area (Å²) in [7, 11) is 0. The van der Waals surface area contributed by atoms with Crippen molar-refractivity contribution in [2.45, 2.75) is 19.4 Å². The molecule has 0 radical (unpaired) electrons. The average molecular weight is 261 g/mol. The predicted molar refractivity (Wildman–Crippen MR) is 73.3 cm³/mol. The minimum Gasteiger partial charge on any atom is -0.411 e. The van der Waals surface area contributed by atoms with Crippen molar-refractivity contribution in [1.29, 1.82) is 0 Å². The van der Waals surface area contributed by atoms with Crippen molar-refractivity contribution in [3.8, 4) is 0 Å². The molecule has 0 fully saturated rings. The third-order valence-electron chi connectivity index (χ3n) is 3.34. The lowest BCUT2D eigenvalue weighted by Crippen LogP contribution is -2.35. The highest BCUT2D eigenvalue weighted by atomic mass is 16.4. The van der Waals surface area contributed by atoms with Crippen LogP contribution in [-0.4, -0.2) is 41.9 Å². The van der Waals surface area contributed by atoms with E-state index < -0.39 is 0 Å². The largest absolute Gasteiger partial charge is 0.411 e. The molecule has 19 heavy (non-hydrogen) atoms. The van der Waals surface area contributed by atoms with Gasteiger partial charge in [-0.3, -0.25) is 9.69 Å². The number of nitrogens with one attached hydrogen (secondary N) is 1. The van der Waals surface area contributed by atoms with Gasteiger partial charge in [0.05, 0.1) is 0 Å². The molecule has 0 saturated heterocycles. The predicted octanol–water partition coefficient (Wildman–Crippen LogP) is 1.01. The van der Waals surface area contributed by atoms with Gasteiger partial charge in [-0.25, -0.2) is 0 Å². The van der Waals surface area contributed by atoms with Crippen LogP contribution in [0.5, 0.6) is 0 Å². The molecule has 2 N–H and O–H groups in total. The molecule has 0 atom stereocenters. The minimum absolute atomic E-state index is 0.363. The number of fused-ring (bicyclic) bond motifs is 1. The van der Waals surface area contributed by atoms with Crippen molar-refractivity contribution in [2.75, 3.05) is 19.6 Å². The molecule has 1 aliphatic rings. The number of nitrogens with zero attached hydrogens (tertiary/aromatic N) is 2. The lowest BCUT2D eigenvalue weighted by Gasteiger charge is -2.20. The summed E-state index contributed by atoms with van der Waals surface area (Å²) in [5.41, 5.74) is 2.81. The van der Waals surface area contributed by atoms with Gasteiger partial charge in [0, 0.05) is 19.6 Å². The fourth-order valence-corrected chi connectivity index (χ4v) is 2.39. The number of rotatable bonds is 4. The maximum absolute atomic E-state index is 11.1. The number of carbonyl (C=O) groups is 1. The number of aryl methyl sites for hydroxylation is 1. The van der Waals surface area contributed by atoms with Gasteiger partial charge in [0.15, 0.2) is 0 Å². The Morgan fingerprint density at radius 1 is 1.42 bits per heavy atom. The molecule has 0 spiro atoms. The van der Waals surface area contributed by atoms with E-state index in [0.29, 0.717) is 6.54 Å². The van der Waals surface area contributed by atoms with E-state index in [1.807, 2.05) is 0 Å². The quantitative estimate of drug-likeness (QED) is 0.483. The van der Waals surface area contributed by atoms with Gasteiger partial charge in [0.1, 0.15) is 6.21 Å². The fourth-order valence-electron chi connectivity index (χ4n) is 2.39. The maximum atomic E-state index is 11.1. The van der Waals surface area contributed by atoms with Crippen molar-refractivity contribution in [3.05, 3.63) is 35.4 Å². The second-order valence-corrected chi connectivity index (χ2v) is 4.68. The van der Waals surface area contributed by atoms with Crippen LogP contribution in [0.25, 0.3) is 0 Å². The van der Waals surface area contributed by atoms with Gasteiger partial charge in [0.25, 0.3) is 5.91 Å². The van der Waals surface area contributed by atoms with Gasteiger partial charge < -0.3 is 10.5 Å². The number of benzene rings is 1. The number of hydrogen-bond donors (Lipinski definition) is 2. The molecule has 1 heterocycles. The molecule has 5 nitrogen and oxygen atoms in total. The van der Waals surface area contributed by atoms with Crippen LogP contribution >= 0.6 is 0 Å². The summed E-state index contributed by atoms with van der Waals surface area (Å²) in [6.45, 7) is 3.34. The lowest BCUT2D eigenvalue weighted by atomic mass is 10.0. The third kappa shape index (κ3) is 4.06. The Hall–Kier alpha value is -1.88. The van der Waals surface area contributed by atoms with Gasteiger partial charge in [-0.15, -0.1) is 0 Å². The van der Waals surface area contributed by atoms with E-state index in [4.69, 9.17) is 5.21 Å². The van der Waals surface area contributed by atoms with E-state index in [1.165, 1.54) is 11.1 Å². The number of amides is 1. The first kappa shape index (κ1) is 13.5. The zero-order valence-electron chi connectivity index (χ0n) is 10.9. The van der Waals surface area contributed by atoms with E-state index in [0.717, 1.165) is 38.7 Å². The lowest BCUT2D eigenvalue weighted by molar-refractivity contribution is -0.114. The summed E-state index contributed by atoms with van der Waals surface area (Å²) in [5, 5.41) is 13.6. The SMILES string of the molecule is O=C(/C=N/O)NCCN1CCCc2ccccc2C1. The van der Waals surface area contributed by atoms with Crippen molar-refractivity contribution >= 4 is 12.1 Å². The summed E-state index contributed by atoms with van der Waals surface area (Å²) in [6, 6.07) is 8.52. The second kappa shape index (κ2) is 6.89. The molecule has 1 aliphatic heterocycles. The van der Waals surface area contributed by atoms with Gasteiger partial charge in [-0.1, -0.05) is 29.4 Å². The van der Waals surface area contributed by atoms with Crippen LogP contribution in [0.3, 0.4) is 0 Å². The Labute approximate surface area is 112 Å². The molecule has 5 heteroatoms. The highest BCUT2D eigenvalue weighted by molar-refractivity contribution is 6.25. The highest BCUT2D eigenvalue weighted by Crippen LogP contribution is 2.17. The Morgan fingerprint density at radius 2 is 2.21 bits per heavy atom. The molecule has 0 aliphatic carbocycles. The molecular formula is C14H19N3O2. The Kier molecular flexibility index (Phi) is 4.92.